The fourth-order valence-electron chi connectivity index (χ4n) is 11.3. The maximum absolute atomic E-state index is 7.07. The molecule has 1 aliphatic rings. The van der Waals surface area contributed by atoms with Crippen LogP contribution in [0.25, 0.3) is 98.4 Å². The molecule has 3 heterocycles. The van der Waals surface area contributed by atoms with Gasteiger partial charge in [-0.25, -0.2) is 0 Å². The normalized spacial score (nSPS) is 12.1. The van der Waals surface area contributed by atoms with E-state index in [1.54, 1.807) is 0 Å². The molecule has 332 valence electrons. The van der Waals surface area contributed by atoms with Crippen molar-refractivity contribution >= 4 is 110 Å². The highest BCUT2D eigenvalue weighted by molar-refractivity contribution is 6.26. The second-order valence-corrected chi connectivity index (χ2v) is 18.3. The Morgan fingerprint density at radius 2 is 0.817 bits per heavy atom. The summed E-state index contributed by atoms with van der Waals surface area (Å²) in [5.74, 6) is 1.62. The summed E-state index contributed by atoms with van der Waals surface area (Å²) in [6, 6.07) is 86.0. The first-order valence-electron chi connectivity index (χ1n) is 24.1. The van der Waals surface area contributed by atoms with Gasteiger partial charge in [0.05, 0.1) is 28.4 Å². The van der Waals surface area contributed by atoms with Gasteiger partial charge in [-0.3, -0.25) is 0 Å². The first-order valence-corrected chi connectivity index (χ1v) is 24.1. The number of nitrogens with zero attached hydrogens (tertiary/aromatic N) is 2. The number of para-hydroxylation sites is 6. The lowest BCUT2D eigenvalue weighted by molar-refractivity contribution is 0.487. The van der Waals surface area contributed by atoms with Crippen LogP contribution in [0.5, 0.6) is 11.5 Å². The van der Waals surface area contributed by atoms with Crippen molar-refractivity contribution in [2.75, 3.05) is 9.80 Å². The molecule has 0 amide bonds. The fraction of sp³-hybridized carbons (Fsp3) is 0. The summed E-state index contributed by atoms with van der Waals surface area (Å²) in [5.41, 5.74) is 13.8. The van der Waals surface area contributed by atoms with Crippen molar-refractivity contribution in [3.8, 4) is 33.8 Å². The van der Waals surface area contributed by atoms with E-state index in [0.29, 0.717) is 0 Å². The third-order valence-electron chi connectivity index (χ3n) is 14.4. The summed E-state index contributed by atoms with van der Waals surface area (Å²) in [4.78, 5) is 4.69. The van der Waals surface area contributed by atoms with Crippen LogP contribution >= 0.6 is 0 Å². The molecule has 15 rings (SSSR count). The summed E-state index contributed by atoms with van der Waals surface area (Å²) < 4.78 is 20.5. The van der Waals surface area contributed by atoms with Crippen molar-refractivity contribution < 1.29 is 13.6 Å². The molecule has 1 aliphatic heterocycles. The highest BCUT2D eigenvalue weighted by Gasteiger charge is 2.28. The Bertz CT molecular complexity index is 4460. The standard InChI is InChI=1S/C66H40N2O3/c1-3-18-41(19-4-1)44-22-9-12-30-56(44)68(58-32-16-29-52-48-26-11-14-34-61(48)71-66(52)58)59-40-54-50-27-17-35-62-64(50)55(39-53(54)45-23-7-8-24-46(45)59)49-37-36-43(38-63(49)69-62)67(42-20-5-2-6-21-42)57-31-15-28-51-47-25-10-13-33-60(47)70-65(51)57/h1-40H. The monoisotopic (exact) mass is 908 g/mol. The molecular formula is C66H40N2O3. The molecule has 12 aromatic carbocycles. The minimum absolute atomic E-state index is 0.795. The first kappa shape index (κ1) is 39.4. The molecule has 0 atom stereocenters. The van der Waals surface area contributed by atoms with Gasteiger partial charge in [-0.15, -0.1) is 0 Å². The van der Waals surface area contributed by atoms with Crippen LogP contribution in [0, 0.1) is 0 Å². The van der Waals surface area contributed by atoms with Crippen LogP contribution in [0.15, 0.2) is 251 Å². The van der Waals surface area contributed by atoms with E-state index in [1.165, 1.54) is 5.39 Å². The predicted octanol–water partition coefficient (Wildman–Crippen LogP) is 19.3. The summed E-state index contributed by atoms with van der Waals surface area (Å²) in [5, 5.41) is 11.1. The van der Waals surface area contributed by atoms with Crippen LogP contribution in [0.1, 0.15) is 0 Å². The highest BCUT2D eigenvalue weighted by atomic mass is 16.5. The van der Waals surface area contributed by atoms with Gasteiger partial charge in [-0.1, -0.05) is 164 Å². The number of furan rings is 2. The Hall–Kier alpha value is -9.58. The molecule has 0 unspecified atom stereocenters. The van der Waals surface area contributed by atoms with E-state index in [-0.39, 0.29) is 0 Å². The Balaban J connectivity index is 0.958. The molecular weight excluding hydrogens is 869 g/mol. The second-order valence-electron chi connectivity index (χ2n) is 18.3. The van der Waals surface area contributed by atoms with E-state index >= 15 is 0 Å². The van der Waals surface area contributed by atoms with Crippen molar-refractivity contribution in [1.29, 1.82) is 0 Å². The highest BCUT2D eigenvalue weighted by Crippen LogP contribution is 2.54. The SMILES string of the molecule is c1ccc(-c2ccccc2N(c2cc3c4cccc5c4c(cc3c3ccccc23)-c2ccc(N(c3ccccc3)c3cccc4c3oc3ccccc34)cc2O5)c2cccc3c2oc2ccccc23)cc1. The van der Waals surface area contributed by atoms with E-state index in [2.05, 4.69) is 234 Å². The predicted molar refractivity (Wildman–Crippen MR) is 294 cm³/mol. The zero-order valence-electron chi connectivity index (χ0n) is 38.2. The average Bonchev–Trinajstić information content (AvgIpc) is 4.02. The Morgan fingerprint density at radius 3 is 1.55 bits per heavy atom. The number of rotatable bonds is 7. The van der Waals surface area contributed by atoms with E-state index in [0.717, 1.165) is 139 Å². The van der Waals surface area contributed by atoms with Crippen molar-refractivity contribution in [3.63, 3.8) is 0 Å². The maximum Gasteiger partial charge on any atom is 0.159 e. The Morgan fingerprint density at radius 1 is 0.268 bits per heavy atom. The van der Waals surface area contributed by atoms with E-state index in [4.69, 9.17) is 13.6 Å². The first-order chi connectivity index (χ1) is 35.2. The van der Waals surface area contributed by atoms with Crippen LogP contribution in [0.4, 0.5) is 34.1 Å². The zero-order chi connectivity index (χ0) is 46.6. The van der Waals surface area contributed by atoms with Gasteiger partial charge >= 0.3 is 0 Å². The maximum atomic E-state index is 7.07. The lowest BCUT2D eigenvalue weighted by atomic mass is 9.88. The molecule has 71 heavy (non-hydrogen) atoms. The smallest absolute Gasteiger partial charge is 0.159 e. The van der Waals surface area contributed by atoms with Crippen LogP contribution in [0.3, 0.4) is 0 Å². The number of benzene rings is 12. The van der Waals surface area contributed by atoms with Crippen LogP contribution in [-0.4, -0.2) is 0 Å². The van der Waals surface area contributed by atoms with Gasteiger partial charge in [0.15, 0.2) is 11.2 Å². The molecule has 0 saturated carbocycles. The minimum atomic E-state index is 0.795. The molecule has 0 radical (unpaired) electrons. The Labute approximate surface area is 408 Å². The summed E-state index contributed by atoms with van der Waals surface area (Å²) in [6.45, 7) is 0. The topological polar surface area (TPSA) is 42.0 Å². The van der Waals surface area contributed by atoms with Gasteiger partial charge in [-0.05, 0) is 105 Å². The van der Waals surface area contributed by atoms with Gasteiger partial charge in [-0.2, -0.15) is 0 Å². The van der Waals surface area contributed by atoms with Crippen LogP contribution < -0.4 is 14.5 Å². The number of anilines is 6. The zero-order valence-corrected chi connectivity index (χ0v) is 38.2. The molecule has 0 fully saturated rings. The quantitative estimate of drug-likeness (QED) is 0.149. The molecule has 14 aromatic rings. The van der Waals surface area contributed by atoms with Gasteiger partial charge < -0.3 is 23.4 Å². The molecule has 0 N–H and O–H groups in total. The van der Waals surface area contributed by atoms with Crippen molar-refractivity contribution in [3.05, 3.63) is 243 Å². The third kappa shape index (κ3) is 6.00. The molecule has 5 heteroatoms. The van der Waals surface area contributed by atoms with Gasteiger partial charge in [0.2, 0.25) is 0 Å². The minimum Gasteiger partial charge on any atom is -0.456 e. The molecule has 0 bridgehead atoms. The van der Waals surface area contributed by atoms with Gasteiger partial charge in [0, 0.05) is 55.2 Å². The Kier molecular flexibility index (Phi) is 8.59. The van der Waals surface area contributed by atoms with E-state index < -0.39 is 0 Å². The van der Waals surface area contributed by atoms with Crippen LogP contribution in [-0.2, 0) is 0 Å². The lowest BCUT2D eigenvalue weighted by Crippen LogP contribution is -2.12. The van der Waals surface area contributed by atoms with Crippen molar-refractivity contribution in [1.82, 2.24) is 0 Å². The molecule has 0 aliphatic carbocycles. The number of fused-ring (bicyclic) bond motifs is 12. The van der Waals surface area contributed by atoms with Crippen molar-refractivity contribution in [2.24, 2.45) is 0 Å². The number of ether oxygens (including phenoxy) is 1. The van der Waals surface area contributed by atoms with Crippen LogP contribution in [0.2, 0.25) is 0 Å². The summed E-state index contributed by atoms with van der Waals surface area (Å²) >= 11 is 0. The lowest BCUT2D eigenvalue weighted by Gasteiger charge is -2.30. The second kappa shape index (κ2) is 15.5. The van der Waals surface area contributed by atoms with Gasteiger partial charge in [0.1, 0.15) is 22.7 Å². The van der Waals surface area contributed by atoms with E-state index in [9.17, 15) is 0 Å². The van der Waals surface area contributed by atoms with Gasteiger partial charge in [0.25, 0.3) is 0 Å². The largest absolute Gasteiger partial charge is 0.456 e. The van der Waals surface area contributed by atoms with E-state index in [1.807, 2.05) is 18.2 Å². The molecule has 0 spiro atoms. The average molecular weight is 909 g/mol. The molecule has 5 nitrogen and oxygen atoms in total. The fourth-order valence-corrected chi connectivity index (χ4v) is 11.3. The van der Waals surface area contributed by atoms with Crippen molar-refractivity contribution in [2.45, 2.75) is 0 Å². The molecule has 2 aromatic heterocycles. The molecule has 0 saturated heterocycles. The third-order valence-corrected chi connectivity index (χ3v) is 14.4. The number of hydrogen-bond donors (Lipinski definition) is 0. The summed E-state index contributed by atoms with van der Waals surface area (Å²) in [6.07, 6.45) is 0. The summed E-state index contributed by atoms with van der Waals surface area (Å²) in [7, 11) is 0. The number of hydrogen-bond acceptors (Lipinski definition) is 5.